The molecule has 1 aliphatic heterocycles. The molecule has 0 bridgehead atoms. The first-order valence-corrected chi connectivity index (χ1v) is 14.0. The van der Waals surface area contributed by atoms with Crippen LogP contribution in [0.2, 0.25) is 5.02 Å². The summed E-state index contributed by atoms with van der Waals surface area (Å²) in [4.78, 5) is 20.6. The summed E-state index contributed by atoms with van der Waals surface area (Å²) >= 11 is 6.18. The Hall–Kier alpha value is -3.10. The highest BCUT2D eigenvalue weighted by molar-refractivity contribution is 7.92. The van der Waals surface area contributed by atoms with Gasteiger partial charge < -0.3 is 10.1 Å². The number of aryl methyl sites for hydroxylation is 1. The third kappa shape index (κ3) is 5.82. The molecular formula is C22H22ClN5O6S2. The van der Waals surface area contributed by atoms with Crippen molar-refractivity contribution in [3.63, 3.8) is 0 Å². The number of amides is 1. The Morgan fingerprint density at radius 1 is 1.00 bits per heavy atom. The van der Waals surface area contributed by atoms with E-state index in [4.69, 9.17) is 16.3 Å². The molecule has 14 heteroatoms. The highest BCUT2D eigenvalue weighted by atomic mass is 35.5. The van der Waals surface area contributed by atoms with Crippen LogP contribution in [-0.2, 0) is 24.8 Å². The molecule has 1 aromatic heterocycles. The second-order valence-corrected chi connectivity index (χ2v) is 11.8. The van der Waals surface area contributed by atoms with Gasteiger partial charge in [0.25, 0.3) is 15.9 Å². The van der Waals surface area contributed by atoms with Crippen molar-refractivity contribution in [2.24, 2.45) is 0 Å². The number of sulfonamides is 2. The molecule has 1 saturated heterocycles. The maximum atomic E-state index is 12.9. The summed E-state index contributed by atoms with van der Waals surface area (Å²) in [6, 6.07) is 10.9. The maximum absolute atomic E-state index is 12.9. The fourth-order valence-corrected chi connectivity index (χ4v) is 5.96. The van der Waals surface area contributed by atoms with Crippen LogP contribution in [0.1, 0.15) is 16.1 Å². The smallest absolute Gasteiger partial charge is 0.264 e. The summed E-state index contributed by atoms with van der Waals surface area (Å²) in [7, 11) is -7.78. The van der Waals surface area contributed by atoms with Crippen molar-refractivity contribution in [1.29, 1.82) is 0 Å². The zero-order valence-corrected chi connectivity index (χ0v) is 21.4. The fraction of sp³-hybridized carbons (Fsp3) is 0.227. The van der Waals surface area contributed by atoms with Crippen LogP contribution in [0.15, 0.2) is 64.5 Å². The number of nitrogens with zero attached hydrogens (tertiary/aromatic N) is 3. The summed E-state index contributed by atoms with van der Waals surface area (Å²) in [5.41, 5.74) is 0.838. The largest absolute Gasteiger partial charge is 0.379 e. The second-order valence-electron chi connectivity index (χ2n) is 7.76. The normalized spacial score (nSPS) is 14.8. The average molecular weight is 552 g/mol. The van der Waals surface area contributed by atoms with Gasteiger partial charge in [-0.25, -0.2) is 31.5 Å². The summed E-state index contributed by atoms with van der Waals surface area (Å²) in [6.45, 7) is 2.72. The van der Waals surface area contributed by atoms with Crippen molar-refractivity contribution >= 4 is 49.2 Å². The van der Waals surface area contributed by atoms with Gasteiger partial charge in [-0.15, -0.1) is 0 Å². The predicted octanol–water partition coefficient (Wildman–Crippen LogP) is 2.51. The molecule has 1 fully saturated rings. The minimum Gasteiger partial charge on any atom is -0.379 e. The number of benzene rings is 2. The van der Waals surface area contributed by atoms with E-state index in [1.54, 1.807) is 13.0 Å². The van der Waals surface area contributed by atoms with Gasteiger partial charge in [0.2, 0.25) is 16.0 Å². The molecule has 4 rings (SSSR count). The van der Waals surface area contributed by atoms with Gasteiger partial charge in [0.05, 0.1) is 33.6 Å². The summed E-state index contributed by atoms with van der Waals surface area (Å²) in [5, 5.41) is 2.67. The quantitative estimate of drug-likeness (QED) is 0.455. The first-order valence-electron chi connectivity index (χ1n) is 10.7. The van der Waals surface area contributed by atoms with Crippen molar-refractivity contribution in [2.45, 2.75) is 16.7 Å². The highest BCUT2D eigenvalue weighted by Crippen LogP contribution is 2.25. The number of anilines is 2. The number of nitrogens with one attached hydrogen (secondary N) is 2. The van der Waals surface area contributed by atoms with E-state index in [-0.39, 0.29) is 45.1 Å². The van der Waals surface area contributed by atoms with Crippen LogP contribution in [0, 0.1) is 6.92 Å². The van der Waals surface area contributed by atoms with E-state index in [9.17, 15) is 21.6 Å². The predicted molar refractivity (Wildman–Crippen MR) is 133 cm³/mol. The monoisotopic (exact) mass is 551 g/mol. The average Bonchev–Trinajstić information content (AvgIpc) is 2.85. The van der Waals surface area contributed by atoms with Gasteiger partial charge in [-0.05, 0) is 55.5 Å². The number of carbonyl (C=O) groups excluding carboxylic acids is 1. The number of hydrogen-bond acceptors (Lipinski definition) is 8. The molecule has 0 radical (unpaired) electrons. The van der Waals surface area contributed by atoms with Crippen molar-refractivity contribution < 1.29 is 26.4 Å². The van der Waals surface area contributed by atoms with E-state index in [1.165, 1.54) is 53.0 Å². The van der Waals surface area contributed by atoms with E-state index in [0.29, 0.717) is 18.9 Å². The Morgan fingerprint density at radius 2 is 1.67 bits per heavy atom. The third-order valence-corrected chi connectivity index (χ3v) is 8.80. The van der Waals surface area contributed by atoms with E-state index >= 15 is 0 Å². The Morgan fingerprint density at radius 3 is 2.33 bits per heavy atom. The van der Waals surface area contributed by atoms with E-state index in [2.05, 4.69) is 20.0 Å². The third-order valence-electron chi connectivity index (χ3n) is 5.23. The van der Waals surface area contributed by atoms with Crippen molar-refractivity contribution in [2.75, 3.05) is 36.3 Å². The Kier molecular flexibility index (Phi) is 7.57. The molecule has 11 nitrogen and oxygen atoms in total. The van der Waals surface area contributed by atoms with Crippen LogP contribution in [-0.4, -0.2) is 63.3 Å². The first-order chi connectivity index (χ1) is 17.1. The van der Waals surface area contributed by atoms with Gasteiger partial charge >= 0.3 is 0 Å². The zero-order chi connectivity index (χ0) is 25.9. The molecule has 36 heavy (non-hydrogen) atoms. The lowest BCUT2D eigenvalue weighted by Gasteiger charge is -2.26. The highest BCUT2D eigenvalue weighted by Gasteiger charge is 2.27. The van der Waals surface area contributed by atoms with Gasteiger partial charge in [-0.3, -0.25) is 4.79 Å². The van der Waals surface area contributed by atoms with Crippen LogP contribution in [0.3, 0.4) is 0 Å². The minimum absolute atomic E-state index is 0.0408. The van der Waals surface area contributed by atoms with Gasteiger partial charge in [0.15, 0.2) is 0 Å². The SMILES string of the molecule is Cc1ccnc(NS(=O)(=O)c2ccc(NC(=O)c3cc(S(=O)(=O)N4CCOCC4)ccc3Cl)cc2)n1. The number of ether oxygens (including phenoxy) is 1. The minimum atomic E-state index is -3.96. The van der Waals surface area contributed by atoms with Gasteiger partial charge in [-0.1, -0.05) is 11.6 Å². The van der Waals surface area contributed by atoms with Crippen molar-refractivity contribution in [1.82, 2.24) is 14.3 Å². The maximum Gasteiger partial charge on any atom is 0.264 e. The topological polar surface area (TPSA) is 148 Å². The molecule has 2 heterocycles. The van der Waals surface area contributed by atoms with Crippen LogP contribution in [0.4, 0.5) is 11.6 Å². The van der Waals surface area contributed by atoms with Crippen molar-refractivity contribution in [3.05, 3.63) is 71.0 Å². The van der Waals surface area contributed by atoms with E-state index in [1.807, 2.05) is 0 Å². The van der Waals surface area contributed by atoms with Crippen molar-refractivity contribution in [3.8, 4) is 0 Å². The van der Waals surface area contributed by atoms with Crippen LogP contribution < -0.4 is 10.0 Å². The molecule has 190 valence electrons. The Balaban J connectivity index is 1.50. The van der Waals surface area contributed by atoms with Gasteiger partial charge in [0, 0.05) is 30.7 Å². The van der Waals surface area contributed by atoms with Crippen LogP contribution >= 0.6 is 11.6 Å². The summed E-state index contributed by atoms with van der Waals surface area (Å²) in [6.07, 6.45) is 1.44. The van der Waals surface area contributed by atoms with Crippen LogP contribution in [0.25, 0.3) is 0 Å². The number of morpholine rings is 1. The van der Waals surface area contributed by atoms with E-state index in [0.717, 1.165) is 0 Å². The molecule has 2 aromatic carbocycles. The van der Waals surface area contributed by atoms with Crippen LogP contribution in [0.5, 0.6) is 0 Å². The lowest BCUT2D eigenvalue weighted by atomic mass is 10.2. The number of hydrogen-bond donors (Lipinski definition) is 2. The molecule has 3 aromatic rings. The van der Waals surface area contributed by atoms with E-state index < -0.39 is 26.0 Å². The molecule has 0 atom stereocenters. The van der Waals surface area contributed by atoms with Gasteiger partial charge in [0.1, 0.15) is 0 Å². The Bertz CT molecular complexity index is 1490. The molecule has 1 amide bonds. The molecule has 0 saturated carbocycles. The number of carbonyl (C=O) groups is 1. The second kappa shape index (κ2) is 10.5. The molecular weight excluding hydrogens is 530 g/mol. The lowest BCUT2D eigenvalue weighted by molar-refractivity contribution is 0.0730. The Labute approximate surface area is 213 Å². The number of aromatic nitrogens is 2. The number of rotatable bonds is 7. The number of halogens is 1. The summed E-state index contributed by atoms with van der Waals surface area (Å²) < 4.78 is 59.9. The molecule has 1 aliphatic rings. The summed E-state index contributed by atoms with van der Waals surface area (Å²) in [5.74, 6) is -0.713. The molecule has 0 unspecified atom stereocenters. The first kappa shape index (κ1) is 26.0. The van der Waals surface area contributed by atoms with Gasteiger partial charge in [-0.2, -0.15) is 4.31 Å². The molecule has 2 N–H and O–H groups in total. The lowest BCUT2D eigenvalue weighted by Crippen LogP contribution is -2.40. The standard InChI is InChI=1S/C22H22ClN5O6S2/c1-15-8-9-24-22(25-15)27-35(30,31)17-4-2-16(3-5-17)26-21(29)19-14-18(6-7-20(19)23)36(32,33)28-10-12-34-13-11-28/h2-9,14H,10-13H2,1H3,(H,26,29)(H,24,25,27). The fourth-order valence-electron chi connectivity index (χ4n) is 3.37. The molecule has 0 spiro atoms. The zero-order valence-electron chi connectivity index (χ0n) is 19.0. The molecule has 0 aliphatic carbocycles.